The van der Waals surface area contributed by atoms with Crippen LogP contribution in [0.4, 0.5) is 0 Å². The molecule has 4 heteroatoms. The average molecular weight is 228 g/mol. The highest BCUT2D eigenvalue weighted by Gasteiger charge is 2.29. The van der Waals surface area contributed by atoms with Crippen molar-refractivity contribution in [2.24, 2.45) is 12.8 Å². The van der Waals surface area contributed by atoms with Crippen molar-refractivity contribution in [3.8, 4) is 0 Å². The molecule has 0 bridgehead atoms. The SMILES string of the molecule is Cn1nc(C2CC2)nc1C(N)c1ccccc1. The Morgan fingerprint density at radius 2 is 2.00 bits per heavy atom. The zero-order valence-electron chi connectivity index (χ0n) is 9.87. The largest absolute Gasteiger partial charge is 0.318 e. The fourth-order valence-electron chi connectivity index (χ4n) is 2.01. The summed E-state index contributed by atoms with van der Waals surface area (Å²) in [6.07, 6.45) is 2.42. The Labute approximate surface area is 100 Å². The number of hydrogen-bond donors (Lipinski definition) is 1. The molecule has 1 atom stereocenters. The maximum atomic E-state index is 6.23. The van der Waals surface area contributed by atoms with Gasteiger partial charge in [-0.05, 0) is 18.4 Å². The average Bonchev–Trinajstić information content (AvgIpc) is 3.13. The summed E-state index contributed by atoms with van der Waals surface area (Å²) in [5.41, 5.74) is 7.30. The monoisotopic (exact) mass is 228 g/mol. The van der Waals surface area contributed by atoms with Crippen molar-refractivity contribution in [3.63, 3.8) is 0 Å². The first-order valence-electron chi connectivity index (χ1n) is 5.97. The lowest BCUT2D eigenvalue weighted by Gasteiger charge is -2.10. The van der Waals surface area contributed by atoms with Crippen molar-refractivity contribution in [1.29, 1.82) is 0 Å². The summed E-state index contributed by atoms with van der Waals surface area (Å²) in [5, 5.41) is 4.44. The van der Waals surface area contributed by atoms with Crippen LogP contribution in [-0.4, -0.2) is 14.8 Å². The van der Waals surface area contributed by atoms with Gasteiger partial charge in [-0.15, -0.1) is 0 Å². The highest BCUT2D eigenvalue weighted by Crippen LogP contribution is 2.38. The second-order valence-corrected chi connectivity index (χ2v) is 4.61. The van der Waals surface area contributed by atoms with Crippen LogP contribution in [0.15, 0.2) is 30.3 Å². The van der Waals surface area contributed by atoms with Crippen LogP contribution in [0, 0.1) is 0 Å². The maximum absolute atomic E-state index is 6.23. The van der Waals surface area contributed by atoms with Gasteiger partial charge in [-0.1, -0.05) is 30.3 Å². The van der Waals surface area contributed by atoms with Crippen LogP contribution >= 0.6 is 0 Å². The van der Waals surface area contributed by atoms with Crippen LogP contribution in [-0.2, 0) is 7.05 Å². The van der Waals surface area contributed by atoms with E-state index < -0.39 is 0 Å². The molecule has 0 saturated heterocycles. The fraction of sp³-hybridized carbons (Fsp3) is 0.385. The molecule has 1 aliphatic rings. The minimum Gasteiger partial charge on any atom is -0.318 e. The van der Waals surface area contributed by atoms with Crippen molar-refractivity contribution in [3.05, 3.63) is 47.5 Å². The highest BCUT2D eigenvalue weighted by molar-refractivity contribution is 5.24. The summed E-state index contributed by atoms with van der Waals surface area (Å²) in [6, 6.07) is 9.83. The van der Waals surface area contributed by atoms with Crippen molar-refractivity contribution in [1.82, 2.24) is 14.8 Å². The van der Waals surface area contributed by atoms with Gasteiger partial charge >= 0.3 is 0 Å². The van der Waals surface area contributed by atoms with Crippen LogP contribution in [0.25, 0.3) is 0 Å². The Balaban J connectivity index is 1.93. The molecule has 3 rings (SSSR count). The molecule has 0 amide bonds. The molecule has 1 aliphatic carbocycles. The fourth-order valence-corrected chi connectivity index (χ4v) is 2.01. The Kier molecular flexibility index (Phi) is 2.44. The van der Waals surface area contributed by atoms with E-state index in [0.29, 0.717) is 5.92 Å². The molecule has 1 saturated carbocycles. The number of nitrogens with zero attached hydrogens (tertiary/aromatic N) is 3. The Morgan fingerprint density at radius 1 is 1.29 bits per heavy atom. The third-order valence-electron chi connectivity index (χ3n) is 3.19. The van der Waals surface area contributed by atoms with E-state index in [2.05, 4.69) is 10.1 Å². The van der Waals surface area contributed by atoms with Gasteiger partial charge in [0.15, 0.2) is 5.82 Å². The minimum absolute atomic E-state index is 0.193. The number of nitrogens with two attached hydrogens (primary N) is 1. The molecule has 0 spiro atoms. The Bertz CT molecular complexity index is 513. The zero-order valence-corrected chi connectivity index (χ0v) is 9.87. The molecule has 1 fully saturated rings. The van der Waals surface area contributed by atoms with Gasteiger partial charge < -0.3 is 5.73 Å². The van der Waals surface area contributed by atoms with Crippen LogP contribution in [0.2, 0.25) is 0 Å². The molecule has 2 N–H and O–H groups in total. The molecular formula is C13H16N4. The number of aromatic nitrogens is 3. The first-order chi connectivity index (χ1) is 8.25. The van der Waals surface area contributed by atoms with E-state index in [9.17, 15) is 0 Å². The van der Waals surface area contributed by atoms with Crippen LogP contribution < -0.4 is 5.73 Å². The van der Waals surface area contributed by atoms with E-state index in [1.165, 1.54) is 12.8 Å². The smallest absolute Gasteiger partial charge is 0.154 e. The molecule has 1 heterocycles. The number of aryl methyl sites for hydroxylation is 1. The third-order valence-corrected chi connectivity index (χ3v) is 3.19. The van der Waals surface area contributed by atoms with E-state index >= 15 is 0 Å². The van der Waals surface area contributed by atoms with Gasteiger partial charge in [0, 0.05) is 13.0 Å². The van der Waals surface area contributed by atoms with E-state index in [1.807, 2.05) is 42.1 Å². The number of rotatable bonds is 3. The number of benzene rings is 1. The molecule has 88 valence electrons. The molecular weight excluding hydrogens is 212 g/mol. The quantitative estimate of drug-likeness (QED) is 0.870. The summed E-state index contributed by atoms with van der Waals surface area (Å²) >= 11 is 0. The van der Waals surface area contributed by atoms with Crippen molar-refractivity contribution >= 4 is 0 Å². The van der Waals surface area contributed by atoms with Gasteiger partial charge in [-0.3, -0.25) is 4.68 Å². The van der Waals surface area contributed by atoms with Crippen molar-refractivity contribution < 1.29 is 0 Å². The number of hydrogen-bond acceptors (Lipinski definition) is 3. The topological polar surface area (TPSA) is 56.7 Å². The van der Waals surface area contributed by atoms with Gasteiger partial charge in [0.1, 0.15) is 5.82 Å². The normalized spacial score (nSPS) is 17.1. The van der Waals surface area contributed by atoms with Crippen molar-refractivity contribution in [2.75, 3.05) is 0 Å². The molecule has 1 aromatic carbocycles. The summed E-state index contributed by atoms with van der Waals surface area (Å²) in [6.45, 7) is 0. The maximum Gasteiger partial charge on any atom is 0.154 e. The predicted molar refractivity (Wildman–Crippen MR) is 65.5 cm³/mol. The van der Waals surface area contributed by atoms with Gasteiger partial charge in [-0.2, -0.15) is 5.10 Å². The van der Waals surface area contributed by atoms with E-state index in [4.69, 9.17) is 5.73 Å². The molecule has 0 radical (unpaired) electrons. The zero-order chi connectivity index (χ0) is 11.8. The Morgan fingerprint density at radius 3 is 2.65 bits per heavy atom. The lowest BCUT2D eigenvalue weighted by Crippen LogP contribution is -2.16. The van der Waals surface area contributed by atoms with Crippen LogP contribution in [0.3, 0.4) is 0 Å². The molecule has 4 nitrogen and oxygen atoms in total. The Hall–Kier alpha value is -1.68. The predicted octanol–water partition coefficient (Wildman–Crippen LogP) is 1.74. The molecule has 0 aliphatic heterocycles. The van der Waals surface area contributed by atoms with Crippen LogP contribution in [0.1, 0.15) is 42.0 Å². The summed E-state index contributed by atoms with van der Waals surface area (Å²) in [4.78, 5) is 4.57. The van der Waals surface area contributed by atoms with Gasteiger partial charge in [0.25, 0.3) is 0 Å². The van der Waals surface area contributed by atoms with Crippen molar-refractivity contribution in [2.45, 2.75) is 24.8 Å². The lowest BCUT2D eigenvalue weighted by atomic mass is 10.1. The first kappa shape index (κ1) is 10.5. The lowest BCUT2D eigenvalue weighted by molar-refractivity contribution is 0.656. The van der Waals surface area contributed by atoms with Gasteiger partial charge in [0.2, 0.25) is 0 Å². The molecule has 1 aromatic heterocycles. The third kappa shape index (κ3) is 1.96. The summed E-state index contributed by atoms with van der Waals surface area (Å²) in [7, 11) is 1.91. The summed E-state index contributed by atoms with van der Waals surface area (Å²) in [5.74, 6) is 2.37. The van der Waals surface area contributed by atoms with Crippen LogP contribution in [0.5, 0.6) is 0 Å². The molecule has 2 aromatic rings. The molecule has 1 unspecified atom stereocenters. The second kappa shape index (κ2) is 3.96. The highest BCUT2D eigenvalue weighted by atomic mass is 15.3. The minimum atomic E-state index is -0.193. The van der Waals surface area contributed by atoms with E-state index in [0.717, 1.165) is 17.2 Å². The molecule has 17 heavy (non-hydrogen) atoms. The first-order valence-corrected chi connectivity index (χ1v) is 5.97. The van der Waals surface area contributed by atoms with E-state index in [-0.39, 0.29) is 6.04 Å². The second-order valence-electron chi connectivity index (χ2n) is 4.61. The van der Waals surface area contributed by atoms with Gasteiger partial charge in [-0.25, -0.2) is 4.98 Å². The standard InChI is InChI=1S/C13H16N4/c1-17-13(15-12(16-17)10-7-8-10)11(14)9-5-3-2-4-6-9/h2-6,10-11H,7-8,14H2,1H3. The van der Waals surface area contributed by atoms with E-state index in [1.54, 1.807) is 0 Å². The summed E-state index contributed by atoms with van der Waals surface area (Å²) < 4.78 is 1.81. The van der Waals surface area contributed by atoms with Gasteiger partial charge in [0.05, 0.1) is 6.04 Å².